The molecule has 2 heterocycles. The average molecular weight is 347 g/mol. The van der Waals surface area contributed by atoms with Crippen LogP contribution >= 0.6 is 12.2 Å². The zero-order valence-corrected chi connectivity index (χ0v) is 15.1. The number of nitrogens with zero attached hydrogens (tertiary/aromatic N) is 1. The van der Waals surface area contributed by atoms with Crippen molar-refractivity contribution < 1.29 is 9.53 Å². The van der Waals surface area contributed by atoms with Gasteiger partial charge in [-0.15, -0.1) is 0 Å². The zero-order chi connectivity index (χ0) is 17.1. The number of amides is 1. The van der Waals surface area contributed by atoms with E-state index in [0.717, 1.165) is 42.2 Å². The van der Waals surface area contributed by atoms with Crippen LogP contribution in [0.3, 0.4) is 0 Å². The molecule has 2 atom stereocenters. The topological polar surface area (TPSA) is 53.6 Å². The van der Waals surface area contributed by atoms with E-state index in [1.807, 2.05) is 24.3 Å². The molecule has 1 aromatic rings. The molecule has 0 saturated carbocycles. The summed E-state index contributed by atoms with van der Waals surface area (Å²) in [5.74, 6) is 0.893. The number of piperidine rings is 2. The summed E-state index contributed by atoms with van der Waals surface area (Å²) in [6.07, 6.45) is 5.46. The fourth-order valence-corrected chi connectivity index (χ4v) is 4.40. The molecule has 0 aliphatic carbocycles. The average Bonchev–Trinajstić information content (AvgIpc) is 2.54. The summed E-state index contributed by atoms with van der Waals surface area (Å²) < 4.78 is 5.19. The number of anilines is 1. The molecule has 3 rings (SSSR count). The van der Waals surface area contributed by atoms with Gasteiger partial charge in [-0.2, -0.15) is 0 Å². The van der Waals surface area contributed by atoms with Crippen LogP contribution in [0.4, 0.5) is 5.69 Å². The number of fused-ring (bicyclic) bond motifs is 2. The van der Waals surface area contributed by atoms with Gasteiger partial charge in [0, 0.05) is 30.7 Å². The molecule has 2 bridgehead atoms. The Morgan fingerprint density at radius 1 is 1.21 bits per heavy atom. The number of rotatable bonds is 3. The highest BCUT2D eigenvalue weighted by Gasteiger charge is 2.39. The van der Waals surface area contributed by atoms with E-state index < -0.39 is 0 Å². The molecule has 2 N–H and O–H groups in total. The van der Waals surface area contributed by atoms with Crippen molar-refractivity contribution in [2.24, 2.45) is 0 Å². The summed E-state index contributed by atoms with van der Waals surface area (Å²) in [6.45, 7) is 1.60. The Morgan fingerprint density at radius 2 is 1.83 bits per heavy atom. The van der Waals surface area contributed by atoms with E-state index >= 15 is 0 Å². The van der Waals surface area contributed by atoms with Crippen LogP contribution in [0.25, 0.3) is 0 Å². The summed E-state index contributed by atoms with van der Waals surface area (Å²) in [5.41, 5.74) is 0.975. The highest BCUT2D eigenvalue weighted by Crippen LogP contribution is 2.34. The third-order valence-corrected chi connectivity index (χ3v) is 5.27. The number of nitrogens with one attached hydrogen (secondary N) is 2. The van der Waals surface area contributed by atoms with E-state index in [4.69, 9.17) is 17.0 Å². The molecule has 2 aliphatic heterocycles. The summed E-state index contributed by atoms with van der Waals surface area (Å²) in [7, 11) is 1.66. The number of methoxy groups -OCH3 is 1. The Morgan fingerprint density at radius 3 is 2.38 bits per heavy atom. The lowest BCUT2D eigenvalue weighted by Crippen LogP contribution is -2.59. The maximum absolute atomic E-state index is 11.4. The normalized spacial score (nSPS) is 25.8. The van der Waals surface area contributed by atoms with Gasteiger partial charge in [0.1, 0.15) is 5.75 Å². The lowest BCUT2D eigenvalue weighted by Gasteiger charge is -2.50. The maximum atomic E-state index is 11.4. The molecule has 5 nitrogen and oxygen atoms in total. The van der Waals surface area contributed by atoms with Crippen LogP contribution in [-0.2, 0) is 4.79 Å². The number of ether oxygens (including phenoxy) is 1. The predicted octanol–water partition coefficient (Wildman–Crippen LogP) is 2.91. The summed E-state index contributed by atoms with van der Waals surface area (Å²) in [6, 6.07) is 8.90. The van der Waals surface area contributed by atoms with Crippen LogP contribution < -0.4 is 15.4 Å². The number of benzene rings is 1. The third kappa shape index (κ3) is 3.80. The molecule has 0 spiro atoms. The molecule has 0 aromatic heterocycles. The second-order valence-corrected chi connectivity index (χ2v) is 7.06. The van der Waals surface area contributed by atoms with Gasteiger partial charge in [0.05, 0.1) is 7.11 Å². The number of hydrogen-bond donors (Lipinski definition) is 2. The highest BCUT2D eigenvalue weighted by atomic mass is 32.1. The molecule has 130 valence electrons. The van der Waals surface area contributed by atoms with Crippen LogP contribution in [-0.4, -0.2) is 41.2 Å². The van der Waals surface area contributed by atoms with Crippen LogP contribution in [0.15, 0.2) is 24.3 Å². The number of thiocarbonyl (C=S) groups is 1. The molecule has 0 radical (unpaired) electrons. The fraction of sp³-hybridized carbons (Fsp3) is 0.556. The summed E-state index contributed by atoms with van der Waals surface area (Å²) in [4.78, 5) is 13.7. The van der Waals surface area contributed by atoms with Crippen molar-refractivity contribution >= 4 is 28.9 Å². The van der Waals surface area contributed by atoms with E-state index in [1.165, 1.54) is 6.42 Å². The standard InChI is InChI=1S/C18H25N3O2S/c1-12(22)19-14-10-15-4-3-5-16(11-14)21(15)18(24)20-13-6-8-17(23-2)9-7-13/h6-9,14-16H,3-5,10-11H2,1-2H3,(H,19,22)(H,20,24). The quantitative estimate of drug-likeness (QED) is 0.824. The first-order chi connectivity index (χ1) is 11.6. The van der Waals surface area contributed by atoms with Crippen molar-refractivity contribution in [3.8, 4) is 5.75 Å². The minimum atomic E-state index is 0.0606. The molecule has 2 fully saturated rings. The second kappa shape index (κ2) is 7.38. The summed E-state index contributed by atoms with van der Waals surface area (Å²) >= 11 is 5.69. The van der Waals surface area contributed by atoms with Gasteiger partial charge in [-0.1, -0.05) is 0 Å². The highest BCUT2D eigenvalue weighted by molar-refractivity contribution is 7.80. The van der Waals surface area contributed by atoms with Gasteiger partial charge >= 0.3 is 0 Å². The first-order valence-corrected chi connectivity index (χ1v) is 8.98. The van der Waals surface area contributed by atoms with Crippen molar-refractivity contribution in [2.45, 2.75) is 57.2 Å². The molecule has 6 heteroatoms. The van der Waals surface area contributed by atoms with Crippen molar-refractivity contribution in [3.63, 3.8) is 0 Å². The van der Waals surface area contributed by atoms with E-state index in [1.54, 1.807) is 14.0 Å². The first kappa shape index (κ1) is 17.0. The van der Waals surface area contributed by atoms with Gasteiger partial charge in [0.2, 0.25) is 5.91 Å². The molecule has 2 aliphatic rings. The lowest BCUT2D eigenvalue weighted by molar-refractivity contribution is -0.120. The van der Waals surface area contributed by atoms with Gasteiger partial charge < -0.3 is 20.3 Å². The third-order valence-electron chi connectivity index (χ3n) is 4.96. The van der Waals surface area contributed by atoms with Crippen molar-refractivity contribution in [1.82, 2.24) is 10.2 Å². The molecular formula is C18H25N3O2S. The SMILES string of the molecule is COc1ccc(NC(=S)N2C3CCCC2CC(NC(C)=O)C3)cc1. The van der Waals surface area contributed by atoms with E-state index in [2.05, 4.69) is 15.5 Å². The van der Waals surface area contributed by atoms with Crippen LogP contribution in [0.5, 0.6) is 5.75 Å². The molecular weight excluding hydrogens is 322 g/mol. The number of hydrogen-bond acceptors (Lipinski definition) is 3. The van der Waals surface area contributed by atoms with Gasteiger partial charge in [0.15, 0.2) is 5.11 Å². The van der Waals surface area contributed by atoms with Crippen molar-refractivity contribution in [1.29, 1.82) is 0 Å². The number of carbonyl (C=O) groups excluding carboxylic acids is 1. The van der Waals surface area contributed by atoms with Gasteiger partial charge in [-0.3, -0.25) is 4.79 Å². The molecule has 2 unspecified atom stereocenters. The van der Waals surface area contributed by atoms with E-state index in [0.29, 0.717) is 12.1 Å². The fourth-order valence-electron chi connectivity index (χ4n) is 3.98. The first-order valence-electron chi connectivity index (χ1n) is 8.57. The maximum Gasteiger partial charge on any atom is 0.217 e. The van der Waals surface area contributed by atoms with Gasteiger partial charge in [-0.05, 0) is 68.6 Å². The van der Waals surface area contributed by atoms with Crippen molar-refractivity contribution in [3.05, 3.63) is 24.3 Å². The Hall–Kier alpha value is -1.82. The Kier molecular flexibility index (Phi) is 5.23. The van der Waals surface area contributed by atoms with Crippen molar-refractivity contribution in [2.75, 3.05) is 12.4 Å². The summed E-state index contributed by atoms with van der Waals surface area (Å²) in [5, 5.41) is 7.24. The Balaban J connectivity index is 1.66. The monoisotopic (exact) mass is 347 g/mol. The molecule has 1 aromatic carbocycles. The number of carbonyl (C=O) groups is 1. The van der Waals surface area contributed by atoms with Gasteiger partial charge in [0.25, 0.3) is 0 Å². The largest absolute Gasteiger partial charge is 0.497 e. The lowest BCUT2D eigenvalue weighted by atomic mass is 9.82. The minimum Gasteiger partial charge on any atom is -0.497 e. The Labute approximate surface area is 148 Å². The molecule has 1 amide bonds. The predicted molar refractivity (Wildman–Crippen MR) is 99.3 cm³/mol. The van der Waals surface area contributed by atoms with E-state index in [9.17, 15) is 4.79 Å². The molecule has 24 heavy (non-hydrogen) atoms. The second-order valence-electron chi connectivity index (χ2n) is 6.67. The van der Waals surface area contributed by atoms with Crippen LogP contribution in [0.1, 0.15) is 39.0 Å². The minimum absolute atomic E-state index is 0.0606. The van der Waals surface area contributed by atoms with Crippen LogP contribution in [0.2, 0.25) is 0 Å². The molecule has 2 saturated heterocycles. The van der Waals surface area contributed by atoms with Gasteiger partial charge in [-0.25, -0.2) is 0 Å². The smallest absolute Gasteiger partial charge is 0.217 e. The Bertz CT molecular complexity index is 591. The zero-order valence-electron chi connectivity index (χ0n) is 14.2. The van der Waals surface area contributed by atoms with Crippen LogP contribution in [0, 0.1) is 0 Å². The van der Waals surface area contributed by atoms with E-state index in [-0.39, 0.29) is 11.9 Å².